The lowest BCUT2D eigenvalue weighted by atomic mass is 9.98. The minimum absolute atomic E-state index is 0.197. The van der Waals surface area contributed by atoms with E-state index in [1.807, 2.05) is 76.2 Å². The molecule has 6 nitrogen and oxygen atoms in total. The van der Waals surface area contributed by atoms with Crippen molar-refractivity contribution in [1.29, 1.82) is 0 Å². The lowest BCUT2D eigenvalue weighted by molar-refractivity contribution is -0.139. The fraction of sp³-hybridized carbons (Fsp3) is 0.233. The molecule has 4 rings (SSSR count). The molecule has 190 valence electrons. The lowest BCUT2D eigenvalue weighted by Gasteiger charge is -2.17. The zero-order chi connectivity index (χ0) is 26.5. The van der Waals surface area contributed by atoms with Gasteiger partial charge in [-0.3, -0.25) is 4.79 Å². The number of nitrogens with one attached hydrogen (secondary N) is 2. The third kappa shape index (κ3) is 6.43. The highest BCUT2D eigenvalue weighted by molar-refractivity contribution is 7.10. The predicted octanol–water partition coefficient (Wildman–Crippen LogP) is 6.08. The average Bonchev–Trinajstić information content (AvgIpc) is 3.31. The van der Waals surface area contributed by atoms with Crippen LogP contribution in [0.3, 0.4) is 0 Å². The van der Waals surface area contributed by atoms with Gasteiger partial charge in [0.2, 0.25) is 0 Å². The number of carbonyl (C=O) groups excluding carboxylic acids is 1. The fourth-order valence-electron chi connectivity index (χ4n) is 4.56. The van der Waals surface area contributed by atoms with Crippen molar-refractivity contribution in [1.82, 2.24) is 10.3 Å². The normalized spacial score (nSPS) is 11.7. The van der Waals surface area contributed by atoms with Crippen LogP contribution >= 0.6 is 11.3 Å². The molecule has 4 aromatic rings. The molecule has 0 saturated heterocycles. The molecule has 2 heterocycles. The Labute approximate surface area is 221 Å². The highest BCUT2D eigenvalue weighted by Gasteiger charge is 2.23. The Hall–Kier alpha value is -3.97. The van der Waals surface area contributed by atoms with E-state index in [4.69, 9.17) is 0 Å². The van der Waals surface area contributed by atoms with Crippen molar-refractivity contribution in [3.63, 3.8) is 0 Å². The maximum Gasteiger partial charge on any atom is 0.326 e. The molecule has 0 aliphatic carbocycles. The van der Waals surface area contributed by atoms with Crippen molar-refractivity contribution in [3.8, 4) is 11.1 Å². The number of anilines is 1. The first-order valence-corrected chi connectivity index (χ1v) is 13.0. The van der Waals surface area contributed by atoms with E-state index in [1.165, 1.54) is 4.88 Å². The van der Waals surface area contributed by atoms with Crippen LogP contribution in [0.1, 0.15) is 43.1 Å². The summed E-state index contributed by atoms with van der Waals surface area (Å²) in [5.41, 5.74) is 7.45. The first kappa shape index (κ1) is 26.1. The van der Waals surface area contributed by atoms with Gasteiger partial charge in [-0.05, 0) is 84.7 Å². The molecule has 0 aliphatic heterocycles. The Kier molecular flexibility index (Phi) is 8.04. The second-order valence-corrected chi connectivity index (χ2v) is 10.4. The molecule has 1 atom stereocenters. The number of hydrogen-bond acceptors (Lipinski definition) is 5. The minimum atomic E-state index is -1.06. The van der Waals surface area contributed by atoms with Crippen molar-refractivity contribution >= 4 is 29.0 Å². The molecule has 37 heavy (non-hydrogen) atoms. The van der Waals surface area contributed by atoms with Crippen molar-refractivity contribution in [2.45, 2.75) is 46.7 Å². The van der Waals surface area contributed by atoms with E-state index in [0.29, 0.717) is 12.1 Å². The summed E-state index contributed by atoms with van der Waals surface area (Å²) < 4.78 is 0. The molecule has 7 heteroatoms. The summed E-state index contributed by atoms with van der Waals surface area (Å²) >= 11 is 1.68. The second-order valence-electron chi connectivity index (χ2n) is 9.37. The monoisotopic (exact) mass is 513 g/mol. The van der Waals surface area contributed by atoms with Gasteiger partial charge in [0.15, 0.2) is 0 Å². The van der Waals surface area contributed by atoms with E-state index in [9.17, 15) is 14.7 Å². The van der Waals surface area contributed by atoms with Gasteiger partial charge in [-0.2, -0.15) is 0 Å². The highest BCUT2D eigenvalue weighted by Crippen LogP contribution is 2.29. The van der Waals surface area contributed by atoms with Crippen LogP contribution in [-0.4, -0.2) is 28.0 Å². The van der Waals surface area contributed by atoms with Crippen molar-refractivity contribution < 1.29 is 14.7 Å². The number of amides is 1. The van der Waals surface area contributed by atoms with Crippen LogP contribution in [0.25, 0.3) is 11.1 Å². The zero-order valence-corrected chi connectivity index (χ0v) is 22.3. The quantitative estimate of drug-likeness (QED) is 0.252. The van der Waals surface area contributed by atoms with Gasteiger partial charge in [-0.1, -0.05) is 42.0 Å². The molecule has 2 aromatic heterocycles. The van der Waals surface area contributed by atoms with Gasteiger partial charge in [0, 0.05) is 23.1 Å². The highest BCUT2D eigenvalue weighted by atomic mass is 32.1. The van der Waals surface area contributed by atoms with Gasteiger partial charge in [0.05, 0.1) is 6.54 Å². The Morgan fingerprint density at radius 1 is 0.946 bits per heavy atom. The Bertz CT molecular complexity index is 1400. The number of benzene rings is 2. The van der Waals surface area contributed by atoms with Gasteiger partial charge in [0.1, 0.15) is 11.9 Å². The largest absolute Gasteiger partial charge is 0.480 e. The van der Waals surface area contributed by atoms with E-state index in [2.05, 4.69) is 27.1 Å². The number of carboxylic acids is 1. The van der Waals surface area contributed by atoms with E-state index < -0.39 is 12.0 Å². The third-order valence-electron chi connectivity index (χ3n) is 6.30. The van der Waals surface area contributed by atoms with Crippen LogP contribution in [-0.2, 0) is 17.8 Å². The van der Waals surface area contributed by atoms with Crippen LogP contribution in [0, 0.1) is 27.7 Å². The molecule has 0 saturated carbocycles. The van der Waals surface area contributed by atoms with Crippen molar-refractivity contribution in [2.75, 3.05) is 5.32 Å². The first-order valence-electron chi connectivity index (χ1n) is 12.1. The van der Waals surface area contributed by atoms with Crippen LogP contribution in [0.15, 0.2) is 66.2 Å². The van der Waals surface area contributed by atoms with Gasteiger partial charge >= 0.3 is 5.97 Å². The number of aliphatic carboxylic acids is 1. The SMILES string of the molecule is Cc1ccnc(NCc2sccc2-c2ccc(C[C@H](NC(=O)c3c(C)cc(C)cc3C)C(=O)O)cc2)c1. The van der Waals surface area contributed by atoms with Gasteiger partial charge in [-0.15, -0.1) is 11.3 Å². The molecule has 3 N–H and O–H groups in total. The first-order chi connectivity index (χ1) is 17.7. The maximum atomic E-state index is 12.9. The number of aryl methyl sites for hydroxylation is 4. The number of carbonyl (C=O) groups is 2. The van der Waals surface area contributed by atoms with Gasteiger partial charge in [0.25, 0.3) is 5.91 Å². The molecule has 1 amide bonds. The number of pyridine rings is 1. The topological polar surface area (TPSA) is 91.3 Å². The number of thiophene rings is 1. The molecule has 0 unspecified atom stereocenters. The summed E-state index contributed by atoms with van der Waals surface area (Å²) in [5.74, 6) is -0.583. The fourth-order valence-corrected chi connectivity index (χ4v) is 5.40. The van der Waals surface area contributed by atoms with Crippen LogP contribution in [0.4, 0.5) is 5.82 Å². The summed E-state index contributed by atoms with van der Waals surface area (Å²) in [6.07, 6.45) is 1.99. The second kappa shape index (κ2) is 11.4. The van der Waals surface area contributed by atoms with Gasteiger partial charge in [-0.25, -0.2) is 9.78 Å². The van der Waals surface area contributed by atoms with E-state index in [1.54, 1.807) is 17.5 Å². The molecule has 0 spiro atoms. The van der Waals surface area contributed by atoms with Crippen LogP contribution < -0.4 is 10.6 Å². The molecule has 0 radical (unpaired) electrons. The number of carboxylic acid groups (broad SMARTS) is 1. The minimum Gasteiger partial charge on any atom is -0.480 e. The number of rotatable bonds is 9. The van der Waals surface area contributed by atoms with Crippen LogP contribution in [0.5, 0.6) is 0 Å². The van der Waals surface area contributed by atoms with E-state index >= 15 is 0 Å². The summed E-state index contributed by atoms with van der Waals surface area (Å²) in [7, 11) is 0. The molecule has 0 fully saturated rings. The van der Waals surface area contributed by atoms with E-state index in [-0.39, 0.29) is 12.3 Å². The zero-order valence-electron chi connectivity index (χ0n) is 21.5. The molecule has 2 aromatic carbocycles. The van der Waals surface area contributed by atoms with Crippen LogP contribution in [0.2, 0.25) is 0 Å². The molecule has 0 bridgehead atoms. The number of aromatic nitrogens is 1. The smallest absolute Gasteiger partial charge is 0.326 e. The summed E-state index contributed by atoms with van der Waals surface area (Å²) in [6.45, 7) is 8.42. The third-order valence-corrected chi connectivity index (χ3v) is 7.22. The molecular formula is C30H31N3O3S. The molecule has 0 aliphatic rings. The van der Waals surface area contributed by atoms with Crippen molar-refractivity contribution in [2.24, 2.45) is 0 Å². The number of hydrogen-bond donors (Lipinski definition) is 3. The van der Waals surface area contributed by atoms with E-state index in [0.717, 1.165) is 44.8 Å². The Balaban J connectivity index is 1.44. The summed E-state index contributed by atoms with van der Waals surface area (Å²) in [4.78, 5) is 30.5. The maximum absolute atomic E-state index is 12.9. The standard InChI is InChI=1S/C30H31N3O3S/c1-18-9-11-31-27(15-18)32-17-26-24(10-12-37-26)23-7-5-22(6-8-23)16-25(30(35)36)33-29(34)28-20(3)13-19(2)14-21(28)4/h5-15,25H,16-17H2,1-4H3,(H,31,32)(H,33,34)(H,35,36)/t25-/m0/s1. The molecular weight excluding hydrogens is 482 g/mol. The Morgan fingerprint density at radius 3 is 2.30 bits per heavy atom. The summed E-state index contributed by atoms with van der Waals surface area (Å²) in [5, 5.41) is 18.0. The van der Waals surface area contributed by atoms with Gasteiger partial charge < -0.3 is 15.7 Å². The predicted molar refractivity (Wildman–Crippen MR) is 149 cm³/mol. The number of nitrogens with zero attached hydrogens (tertiary/aromatic N) is 1. The lowest BCUT2D eigenvalue weighted by Crippen LogP contribution is -2.42. The van der Waals surface area contributed by atoms with Crippen molar-refractivity contribution in [3.05, 3.63) is 104 Å². The summed E-state index contributed by atoms with van der Waals surface area (Å²) in [6, 6.07) is 16.8. The Morgan fingerprint density at radius 2 is 1.65 bits per heavy atom. The average molecular weight is 514 g/mol.